The summed E-state index contributed by atoms with van der Waals surface area (Å²) in [7, 11) is -3.80. The van der Waals surface area contributed by atoms with E-state index in [4.69, 9.17) is 16.3 Å². The number of amides is 1. The molecule has 0 aliphatic heterocycles. The highest BCUT2D eigenvalue weighted by molar-refractivity contribution is 7.89. The zero-order chi connectivity index (χ0) is 19.2. The van der Waals surface area contributed by atoms with Crippen molar-refractivity contribution in [2.24, 2.45) is 0 Å². The van der Waals surface area contributed by atoms with Crippen LogP contribution in [0.15, 0.2) is 53.4 Å². The van der Waals surface area contributed by atoms with Gasteiger partial charge >= 0.3 is 0 Å². The monoisotopic (exact) mass is 396 g/mol. The van der Waals surface area contributed by atoms with Gasteiger partial charge in [-0.25, -0.2) is 8.42 Å². The van der Waals surface area contributed by atoms with E-state index in [1.165, 1.54) is 12.1 Å². The Kier molecular flexibility index (Phi) is 7.02. The van der Waals surface area contributed by atoms with Crippen LogP contribution in [0.3, 0.4) is 0 Å². The Hall–Kier alpha value is -2.09. The summed E-state index contributed by atoms with van der Waals surface area (Å²) in [5.41, 5.74) is 0.439. The Bertz CT molecular complexity index is 854. The van der Waals surface area contributed by atoms with E-state index in [2.05, 4.69) is 5.32 Å². The smallest absolute Gasteiger partial charge is 0.243 e. The predicted octanol–water partition coefficient (Wildman–Crippen LogP) is 3.39. The molecule has 0 aromatic heterocycles. The molecule has 0 heterocycles. The summed E-state index contributed by atoms with van der Waals surface area (Å²) in [6, 6.07) is 12.9. The molecule has 0 spiro atoms. The third kappa shape index (κ3) is 4.97. The van der Waals surface area contributed by atoms with Crippen LogP contribution in [0.5, 0.6) is 5.75 Å². The van der Waals surface area contributed by atoms with Gasteiger partial charge in [0.05, 0.1) is 28.8 Å². The first-order valence-electron chi connectivity index (χ1n) is 8.15. The standard InChI is InChI=1S/C18H21ClN2O4S/c1-3-21(13-18(22)20-17-8-6-5-7-16(17)19)26(23,24)15-11-9-14(10-12-15)25-4-2/h5-12H,3-4,13H2,1-2H3,(H,20,22). The fourth-order valence-electron chi connectivity index (χ4n) is 2.30. The first-order chi connectivity index (χ1) is 12.4. The normalized spacial score (nSPS) is 11.4. The van der Waals surface area contributed by atoms with Crippen LogP contribution in [0.4, 0.5) is 5.69 Å². The molecular weight excluding hydrogens is 376 g/mol. The minimum atomic E-state index is -3.80. The van der Waals surface area contributed by atoms with Crippen molar-refractivity contribution in [3.8, 4) is 5.75 Å². The highest BCUT2D eigenvalue weighted by atomic mass is 35.5. The molecule has 8 heteroatoms. The molecule has 1 amide bonds. The Morgan fingerprint density at radius 3 is 2.35 bits per heavy atom. The molecule has 0 saturated heterocycles. The van der Waals surface area contributed by atoms with Gasteiger partial charge in [-0.15, -0.1) is 0 Å². The van der Waals surface area contributed by atoms with Crippen LogP contribution in [0.2, 0.25) is 5.02 Å². The lowest BCUT2D eigenvalue weighted by molar-refractivity contribution is -0.116. The molecule has 2 rings (SSSR count). The van der Waals surface area contributed by atoms with Crippen LogP contribution < -0.4 is 10.1 Å². The van der Waals surface area contributed by atoms with Crippen LogP contribution in [0, 0.1) is 0 Å². The molecule has 140 valence electrons. The minimum Gasteiger partial charge on any atom is -0.494 e. The number of carbonyl (C=O) groups excluding carboxylic acids is 1. The first-order valence-corrected chi connectivity index (χ1v) is 9.97. The zero-order valence-electron chi connectivity index (χ0n) is 14.6. The number of nitrogens with zero attached hydrogens (tertiary/aromatic N) is 1. The number of hydrogen-bond donors (Lipinski definition) is 1. The van der Waals surface area contributed by atoms with Crippen molar-refractivity contribution in [2.45, 2.75) is 18.7 Å². The molecule has 6 nitrogen and oxygen atoms in total. The minimum absolute atomic E-state index is 0.105. The molecule has 2 aromatic carbocycles. The Labute approximate surface area is 158 Å². The molecule has 26 heavy (non-hydrogen) atoms. The Balaban J connectivity index is 2.13. The summed E-state index contributed by atoms with van der Waals surface area (Å²) < 4.78 is 32.0. The Morgan fingerprint density at radius 2 is 1.77 bits per heavy atom. The summed E-state index contributed by atoms with van der Waals surface area (Å²) in [6.45, 7) is 3.87. The van der Waals surface area contributed by atoms with E-state index in [0.29, 0.717) is 23.1 Å². The number of anilines is 1. The molecule has 0 radical (unpaired) electrons. The highest BCUT2D eigenvalue weighted by Gasteiger charge is 2.25. The van der Waals surface area contributed by atoms with Crippen LogP contribution >= 0.6 is 11.6 Å². The molecule has 0 unspecified atom stereocenters. The molecule has 2 aromatic rings. The van der Waals surface area contributed by atoms with Crippen LogP contribution in [0.1, 0.15) is 13.8 Å². The largest absolute Gasteiger partial charge is 0.494 e. The maximum Gasteiger partial charge on any atom is 0.243 e. The van der Waals surface area contributed by atoms with Crippen molar-refractivity contribution in [3.05, 3.63) is 53.6 Å². The molecule has 0 aliphatic carbocycles. The molecule has 0 aliphatic rings. The van der Waals surface area contributed by atoms with Gasteiger partial charge in [-0.3, -0.25) is 4.79 Å². The van der Waals surface area contributed by atoms with Crippen LogP contribution in [0.25, 0.3) is 0 Å². The summed E-state index contributed by atoms with van der Waals surface area (Å²) >= 11 is 6.01. The number of benzene rings is 2. The van der Waals surface area contributed by atoms with E-state index in [9.17, 15) is 13.2 Å². The number of nitrogens with one attached hydrogen (secondary N) is 1. The topological polar surface area (TPSA) is 75.7 Å². The highest BCUT2D eigenvalue weighted by Crippen LogP contribution is 2.22. The molecule has 0 saturated carbocycles. The van der Waals surface area contributed by atoms with Gasteiger partial charge in [-0.1, -0.05) is 30.7 Å². The molecular formula is C18H21ClN2O4S. The fraction of sp³-hybridized carbons (Fsp3) is 0.278. The molecule has 0 bridgehead atoms. The second-order valence-electron chi connectivity index (χ2n) is 5.36. The summed E-state index contributed by atoms with van der Waals surface area (Å²) in [4.78, 5) is 12.4. The summed E-state index contributed by atoms with van der Waals surface area (Å²) in [5, 5.41) is 3.01. The van der Waals surface area contributed by atoms with E-state index in [-0.39, 0.29) is 18.0 Å². The summed E-state index contributed by atoms with van der Waals surface area (Å²) in [6.07, 6.45) is 0. The number of hydrogen-bond acceptors (Lipinski definition) is 4. The lowest BCUT2D eigenvalue weighted by Crippen LogP contribution is -2.37. The van der Waals surface area contributed by atoms with E-state index < -0.39 is 15.9 Å². The van der Waals surface area contributed by atoms with Gasteiger partial charge in [0.25, 0.3) is 0 Å². The van der Waals surface area contributed by atoms with E-state index in [1.807, 2.05) is 6.92 Å². The van der Waals surface area contributed by atoms with Gasteiger partial charge in [0.15, 0.2) is 0 Å². The lowest BCUT2D eigenvalue weighted by atomic mass is 10.3. The number of rotatable bonds is 8. The average molecular weight is 397 g/mol. The number of sulfonamides is 1. The molecule has 0 atom stereocenters. The SMILES string of the molecule is CCOc1ccc(S(=O)(=O)N(CC)CC(=O)Nc2ccccc2Cl)cc1. The Morgan fingerprint density at radius 1 is 1.12 bits per heavy atom. The van der Waals surface area contributed by atoms with Crippen molar-refractivity contribution >= 4 is 33.2 Å². The van der Waals surface area contributed by atoms with Crippen molar-refractivity contribution in [3.63, 3.8) is 0 Å². The van der Waals surface area contributed by atoms with Crippen molar-refractivity contribution in [1.29, 1.82) is 0 Å². The lowest BCUT2D eigenvalue weighted by Gasteiger charge is -2.20. The number of halogens is 1. The first kappa shape index (κ1) is 20.2. The second kappa shape index (κ2) is 9.02. The number of para-hydroxylation sites is 1. The van der Waals surface area contributed by atoms with Crippen molar-refractivity contribution in [2.75, 3.05) is 25.0 Å². The number of likely N-dealkylation sites (N-methyl/N-ethyl adjacent to an activating group) is 1. The average Bonchev–Trinajstić information content (AvgIpc) is 2.62. The van der Waals surface area contributed by atoms with E-state index in [0.717, 1.165) is 4.31 Å². The van der Waals surface area contributed by atoms with Gasteiger partial charge in [-0.2, -0.15) is 4.31 Å². The van der Waals surface area contributed by atoms with E-state index >= 15 is 0 Å². The van der Waals surface area contributed by atoms with Crippen LogP contribution in [-0.2, 0) is 14.8 Å². The van der Waals surface area contributed by atoms with Gasteiger partial charge in [0.2, 0.25) is 15.9 Å². The van der Waals surface area contributed by atoms with Crippen LogP contribution in [-0.4, -0.2) is 38.3 Å². The van der Waals surface area contributed by atoms with Crippen molar-refractivity contribution < 1.29 is 17.9 Å². The molecule has 1 N–H and O–H groups in total. The van der Waals surface area contributed by atoms with Crippen molar-refractivity contribution in [1.82, 2.24) is 4.31 Å². The molecule has 0 fully saturated rings. The van der Waals surface area contributed by atoms with Gasteiger partial charge in [0.1, 0.15) is 5.75 Å². The predicted molar refractivity (Wildman–Crippen MR) is 102 cm³/mol. The third-order valence-electron chi connectivity index (χ3n) is 3.59. The quantitative estimate of drug-likeness (QED) is 0.742. The van der Waals surface area contributed by atoms with Gasteiger partial charge < -0.3 is 10.1 Å². The van der Waals surface area contributed by atoms with Gasteiger partial charge in [0, 0.05) is 6.54 Å². The maximum atomic E-state index is 12.8. The fourth-order valence-corrected chi connectivity index (χ4v) is 3.89. The summed E-state index contributed by atoms with van der Waals surface area (Å²) in [5.74, 6) is 0.125. The van der Waals surface area contributed by atoms with Gasteiger partial charge in [-0.05, 0) is 43.3 Å². The number of ether oxygens (including phenoxy) is 1. The third-order valence-corrected chi connectivity index (χ3v) is 5.86. The van der Waals surface area contributed by atoms with E-state index in [1.54, 1.807) is 43.3 Å². The zero-order valence-corrected chi connectivity index (χ0v) is 16.2. The number of carbonyl (C=O) groups is 1. The maximum absolute atomic E-state index is 12.8. The second-order valence-corrected chi connectivity index (χ2v) is 7.71.